The minimum Gasteiger partial charge on any atom is -0.480 e. The lowest BCUT2D eigenvalue weighted by atomic mass is 10.2. The van der Waals surface area contributed by atoms with E-state index in [0.717, 1.165) is 5.56 Å². The van der Waals surface area contributed by atoms with Crippen LogP contribution in [0, 0.1) is 5.82 Å². The lowest BCUT2D eigenvalue weighted by Crippen LogP contribution is -2.06. The van der Waals surface area contributed by atoms with Crippen LogP contribution in [0.3, 0.4) is 0 Å². The molecule has 0 aliphatic rings. The highest BCUT2D eigenvalue weighted by molar-refractivity contribution is 5.67. The number of hydrogen-bond acceptors (Lipinski definition) is 2. The van der Waals surface area contributed by atoms with Gasteiger partial charge in [-0.2, -0.15) is 0 Å². The van der Waals surface area contributed by atoms with Crippen molar-refractivity contribution in [3.8, 4) is 11.3 Å². The van der Waals surface area contributed by atoms with Gasteiger partial charge >= 0.3 is 5.97 Å². The van der Waals surface area contributed by atoms with Crippen LogP contribution in [0.2, 0.25) is 0 Å². The lowest BCUT2D eigenvalue weighted by Gasteiger charge is -1.96. The zero-order valence-corrected chi connectivity index (χ0v) is 8.30. The SMILES string of the molecule is O=C(O)Cn1cnc(-c2ccc(F)cc2)c1. The zero-order valence-electron chi connectivity index (χ0n) is 8.30. The maximum atomic E-state index is 12.7. The summed E-state index contributed by atoms with van der Waals surface area (Å²) in [6.07, 6.45) is 3.05. The number of carbonyl (C=O) groups is 1. The normalized spacial score (nSPS) is 10.3. The lowest BCUT2D eigenvalue weighted by molar-refractivity contribution is -0.137. The summed E-state index contributed by atoms with van der Waals surface area (Å²) >= 11 is 0. The van der Waals surface area contributed by atoms with E-state index in [-0.39, 0.29) is 12.4 Å². The molecule has 1 aromatic carbocycles. The first-order valence-electron chi connectivity index (χ1n) is 4.64. The van der Waals surface area contributed by atoms with Gasteiger partial charge in [0.15, 0.2) is 0 Å². The number of hydrogen-bond donors (Lipinski definition) is 1. The number of halogens is 1. The highest BCUT2D eigenvalue weighted by Gasteiger charge is 2.04. The van der Waals surface area contributed by atoms with Crippen LogP contribution in [-0.2, 0) is 11.3 Å². The second-order valence-corrected chi connectivity index (χ2v) is 3.33. The highest BCUT2D eigenvalue weighted by atomic mass is 19.1. The molecule has 0 saturated heterocycles. The van der Waals surface area contributed by atoms with Gasteiger partial charge in [0.05, 0.1) is 12.0 Å². The average Bonchev–Trinajstić information content (AvgIpc) is 2.66. The molecule has 0 spiro atoms. The third-order valence-corrected chi connectivity index (χ3v) is 2.09. The topological polar surface area (TPSA) is 55.1 Å². The van der Waals surface area contributed by atoms with Gasteiger partial charge in [-0.3, -0.25) is 4.79 Å². The monoisotopic (exact) mass is 220 g/mol. The maximum Gasteiger partial charge on any atom is 0.323 e. The Balaban J connectivity index is 2.24. The van der Waals surface area contributed by atoms with Crippen LogP contribution in [0.15, 0.2) is 36.8 Å². The van der Waals surface area contributed by atoms with Crippen molar-refractivity contribution in [2.75, 3.05) is 0 Å². The van der Waals surface area contributed by atoms with Crippen LogP contribution in [0.5, 0.6) is 0 Å². The highest BCUT2D eigenvalue weighted by Crippen LogP contribution is 2.16. The Morgan fingerprint density at radius 1 is 1.38 bits per heavy atom. The molecule has 82 valence electrons. The fourth-order valence-electron chi connectivity index (χ4n) is 1.37. The molecule has 4 nitrogen and oxygen atoms in total. The van der Waals surface area contributed by atoms with Gasteiger partial charge in [-0.1, -0.05) is 0 Å². The Labute approximate surface area is 91.0 Å². The average molecular weight is 220 g/mol. The van der Waals surface area contributed by atoms with E-state index in [0.29, 0.717) is 5.69 Å². The van der Waals surface area contributed by atoms with Crippen molar-refractivity contribution >= 4 is 5.97 Å². The number of nitrogens with zero attached hydrogens (tertiary/aromatic N) is 2. The van der Waals surface area contributed by atoms with E-state index in [1.165, 1.54) is 23.0 Å². The van der Waals surface area contributed by atoms with Gasteiger partial charge in [-0.05, 0) is 24.3 Å². The van der Waals surface area contributed by atoms with E-state index in [2.05, 4.69) is 4.98 Å². The van der Waals surface area contributed by atoms with Crippen LogP contribution in [0.25, 0.3) is 11.3 Å². The minimum atomic E-state index is -0.928. The largest absolute Gasteiger partial charge is 0.480 e. The maximum absolute atomic E-state index is 12.7. The smallest absolute Gasteiger partial charge is 0.323 e. The summed E-state index contributed by atoms with van der Waals surface area (Å²) in [4.78, 5) is 14.5. The van der Waals surface area contributed by atoms with Crippen molar-refractivity contribution in [3.05, 3.63) is 42.6 Å². The van der Waals surface area contributed by atoms with Gasteiger partial charge in [-0.15, -0.1) is 0 Å². The van der Waals surface area contributed by atoms with Gasteiger partial charge in [0.25, 0.3) is 0 Å². The van der Waals surface area contributed by atoms with Crippen molar-refractivity contribution in [2.45, 2.75) is 6.54 Å². The number of aliphatic carboxylic acids is 1. The molecule has 0 atom stereocenters. The zero-order chi connectivity index (χ0) is 11.5. The van der Waals surface area contributed by atoms with E-state index in [1.54, 1.807) is 18.3 Å². The van der Waals surface area contributed by atoms with Gasteiger partial charge < -0.3 is 9.67 Å². The summed E-state index contributed by atoms with van der Waals surface area (Å²) in [5.41, 5.74) is 1.38. The molecule has 0 fully saturated rings. The Morgan fingerprint density at radius 3 is 2.69 bits per heavy atom. The van der Waals surface area contributed by atoms with E-state index in [9.17, 15) is 9.18 Å². The molecule has 2 aromatic rings. The molecule has 0 amide bonds. The molecular formula is C11H9FN2O2. The molecule has 0 radical (unpaired) electrons. The predicted octanol–water partition coefficient (Wildman–Crippen LogP) is 1.77. The first-order valence-corrected chi connectivity index (χ1v) is 4.64. The van der Waals surface area contributed by atoms with Gasteiger partial charge in [-0.25, -0.2) is 9.37 Å². The van der Waals surface area contributed by atoms with Gasteiger partial charge in [0.1, 0.15) is 12.4 Å². The van der Waals surface area contributed by atoms with Crippen LogP contribution in [0.1, 0.15) is 0 Å². The quantitative estimate of drug-likeness (QED) is 0.857. The minimum absolute atomic E-state index is 0.131. The Morgan fingerprint density at radius 2 is 2.06 bits per heavy atom. The first kappa shape index (κ1) is 10.4. The number of imidazole rings is 1. The third kappa shape index (κ3) is 2.25. The molecule has 2 rings (SSSR count). The molecule has 0 unspecified atom stereocenters. The van der Waals surface area contributed by atoms with Crippen LogP contribution < -0.4 is 0 Å². The Bertz CT molecular complexity index is 505. The van der Waals surface area contributed by atoms with Crippen LogP contribution in [0.4, 0.5) is 4.39 Å². The predicted molar refractivity (Wildman–Crippen MR) is 55.3 cm³/mol. The summed E-state index contributed by atoms with van der Waals surface area (Å²) < 4.78 is 14.1. The van der Waals surface area contributed by atoms with Crippen molar-refractivity contribution in [1.29, 1.82) is 0 Å². The van der Waals surface area contributed by atoms with E-state index >= 15 is 0 Å². The molecule has 0 aliphatic heterocycles. The fraction of sp³-hybridized carbons (Fsp3) is 0.0909. The van der Waals surface area contributed by atoms with Crippen LogP contribution in [-0.4, -0.2) is 20.6 Å². The number of carboxylic acids is 1. The number of rotatable bonds is 3. The van der Waals surface area contributed by atoms with Crippen molar-refractivity contribution in [1.82, 2.24) is 9.55 Å². The van der Waals surface area contributed by atoms with E-state index in [4.69, 9.17) is 5.11 Å². The summed E-state index contributed by atoms with van der Waals surface area (Å²) in [5, 5.41) is 8.58. The molecule has 16 heavy (non-hydrogen) atoms. The molecular weight excluding hydrogens is 211 g/mol. The van der Waals surface area contributed by atoms with Crippen LogP contribution >= 0.6 is 0 Å². The number of benzene rings is 1. The van der Waals surface area contributed by atoms with Crippen molar-refractivity contribution in [2.24, 2.45) is 0 Å². The summed E-state index contributed by atoms with van der Waals surface area (Å²) in [7, 11) is 0. The van der Waals surface area contributed by atoms with E-state index in [1.807, 2.05) is 0 Å². The summed E-state index contributed by atoms with van der Waals surface area (Å²) in [6, 6.07) is 5.88. The fourth-order valence-corrected chi connectivity index (χ4v) is 1.37. The third-order valence-electron chi connectivity index (χ3n) is 2.09. The Hall–Kier alpha value is -2.17. The standard InChI is InChI=1S/C11H9FN2O2/c12-9-3-1-8(2-4-9)10-5-14(7-13-10)6-11(15)16/h1-5,7H,6H2,(H,15,16). The molecule has 0 bridgehead atoms. The molecule has 5 heteroatoms. The molecule has 1 N–H and O–H groups in total. The Kier molecular flexibility index (Phi) is 2.68. The molecule has 1 heterocycles. The second-order valence-electron chi connectivity index (χ2n) is 3.33. The first-order chi connectivity index (χ1) is 7.65. The number of carboxylic acid groups (broad SMARTS) is 1. The molecule has 0 saturated carbocycles. The molecule has 0 aliphatic carbocycles. The number of aromatic nitrogens is 2. The van der Waals surface area contributed by atoms with Gasteiger partial charge in [0.2, 0.25) is 0 Å². The van der Waals surface area contributed by atoms with Crippen molar-refractivity contribution < 1.29 is 14.3 Å². The summed E-state index contributed by atoms with van der Waals surface area (Å²) in [6.45, 7) is -0.131. The van der Waals surface area contributed by atoms with Crippen molar-refractivity contribution in [3.63, 3.8) is 0 Å². The van der Waals surface area contributed by atoms with E-state index < -0.39 is 5.97 Å². The second kappa shape index (κ2) is 4.14. The molecule has 1 aromatic heterocycles. The summed E-state index contributed by atoms with van der Waals surface area (Å²) in [5.74, 6) is -1.24. The van der Waals surface area contributed by atoms with Gasteiger partial charge in [0, 0.05) is 11.8 Å².